The third-order valence-electron chi connectivity index (χ3n) is 12.4. The molecule has 6 nitrogen and oxygen atoms in total. The van der Waals surface area contributed by atoms with E-state index in [1.807, 2.05) is 0 Å². The predicted molar refractivity (Wildman–Crippen MR) is 230 cm³/mol. The lowest BCUT2D eigenvalue weighted by Gasteiger charge is -2.33. The molecule has 0 bridgehead atoms. The summed E-state index contributed by atoms with van der Waals surface area (Å²) in [6.45, 7) is 2.13. The van der Waals surface area contributed by atoms with Gasteiger partial charge in [0, 0.05) is 19.1 Å². The minimum atomic E-state index is 0.604. The first kappa shape index (κ1) is 47.9. The highest BCUT2D eigenvalue weighted by Gasteiger charge is 2.18. The normalized spacial score (nSPS) is 25.2. The van der Waals surface area contributed by atoms with Crippen LogP contribution in [0.25, 0.3) is 0 Å². The zero-order valence-electron chi connectivity index (χ0n) is 35.3. The third kappa shape index (κ3) is 33.1. The molecule has 2 rings (SSSR count). The number of nitrogens with zero attached hydrogens (tertiary/aromatic N) is 1. The standard InChI is InChI=1S/C46H96N6/c1-2-4-6-10-14-18-22-26-30-34-38-42-46(43-39-35-31-27-23-19-15-11-7-5-3-1)52-45-41-37-33-29-25-21-17-13-9-8-12-16-20-24-28-32-36-40-44-47-48-49-50-51-52/h46-51H,1-45H2. The SMILES string of the molecule is C1CCCCCCCCCCCCC(N2CCCCCCCCCCCCCCCCCCCCNNNNN2)CCCCCCCCCCCC1. The summed E-state index contributed by atoms with van der Waals surface area (Å²) in [6, 6.07) is 0.604. The molecule has 1 saturated heterocycles. The smallest absolute Gasteiger partial charge is 0.0257 e. The Morgan fingerprint density at radius 2 is 0.519 bits per heavy atom. The van der Waals surface area contributed by atoms with Crippen LogP contribution in [-0.2, 0) is 0 Å². The van der Waals surface area contributed by atoms with Crippen LogP contribution in [0.2, 0.25) is 0 Å². The van der Waals surface area contributed by atoms with Gasteiger partial charge >= 0.3 is 0 Å². The van der Waals surface area contributed by atoms with Gasteiger partial charge in [-0.2, -0.15) is 22.1 Å². The van der Waals surface area contributed by atoms with Crippen molar-refractivity contribution < 1.29 is 0 Å². The van der Waals surface area contributed by atoms with Gasteiger partial charge in [0.2, 0.25) is 0 Å². The van der Waals surface area contributed by atoms with E-state index in [9.17, 15) is 0 Å². The first-order chi connectivity index (χ1) is 26.0. The minimum absolute atomic E-state index is 0.604. The van der Waals surface area contributed by atoms with E-state index in [2.05, 4.69) is 32.6 Å². The van der Waals surface area contributed by atoms with Crippen LogP contribution in [0.15, 0.2) is 0 Å². The summed E-state index contributed by atoms with van der Waals surface area (Å²) in [5.74, 6) is 0. The summed E-state index contributed by atoms with van der Waals surface area (Å²) in [7, 11) is 0. The maximum atomic E-state index is 3.63. The van der Waals surface area contributed by atoms with Gasteiger partial charge in [-0.1, -0.05) is 250 Å². The van der Waals surface area contributed by atoms with Crippen molar-refractivity contribution in [3.05, 3.63) is 0 Å². The molecule has 1 heterocycles. The molecule has 0 atom stereocenters. The van der Waals surface area contributed by atoms with Crippen LogP contribution in [0.4, 0.5) is 0 Å². The van der Waals surface area contributed by atoms with Gasteiger partial charge in [-0.25, -0.2) is 10.4 Å². The maximum Gasteiger partial charge on any atom is 0.0257 e. The zero-order chi connectivity index (χ0) is 36.5. The molecule has 1 saturated carbocycles. The van der Waals surface area contributed by atoms with Gasteiger partial charge in [0.15, 0.2) is 0 Å². The van der Waals surface area contributed by atoms with Crippen LogP contribution >= 0.6 is 0 Å². The van der Waals surface area contributed by atoms with Crippen molar-refractivity contribution in [1.29, 1.82) is 0 Å². The Morgan fingerprint density at radius 1 is 0.250 bits per heavy atom. The molecule has 0 radical (unpaired) electrons. The number of hydrogen-bond acceptors (Lipinski definition) is 6. The second-order valence-corrected chi connectivity index (χ2v) is 17.3. The quantitative estimate of drug-likeness (QED) is 0.185. The van der Waals surface area contributed by atoms with Crippen LogP contribution in [0, 0.1) is 0 Å². The van der Waals surface area contributed by atoms with E-state index < -0.39 is 0 Å². The molecule has 2 fully saturated rings. The molecule has 5 N–H and O–H groups in total. The van der Waals surface area contributed by atoms with Crippen molar-refractivity contribution in [2.24, 2.45) is 0 Å². The van der Waals surface area contributed by atoms with Gasteiger partial charge in [-0.05, 0) is 25.7 Å². The average molecular weight is 733 g/mol. The molecule has 310 valence electrons. The van der Waals surface area contributed by atoms with Crippen LogP contribution in [0.3, 0.4) is 0 Å². The van der Waals surface area contributed by atoms with Gasteiger partial charge < -0.3 is 0 Å². The fraction of sp³-hybridized carbons (Fsp3) is 1.00. The van der Waals surface area contributed by atoms with E-state index in [1.54, 1.807) is 0 Å². The van der Waals surface area contributed by atoms with E-state index in [1.165, 1.54) is 276 Å². The largest absolute Gasteiger partial charge is 0.243 e. The Bertz CT molecular complexity index is 569. The topological polar surface area (TPSA) is 63.4 Å². The molecule has 2 aliphatic rings. The monoisotopic (exact) mass is 733 g/mol. The van der Waals surface area contributed by atoms with Gasteiger partial charge in [-0.3, -0.25) is 0 Å². The van der Waals surface area contributed by atoms with E-state index in [0.717, 1.165) is 13.1 Å². The van der Waals surface area contributed by atoms with Crippen molar-refractivity contribution in [2.45, 2.75) is 282 Å². The minimum Gasteiger partial charge on any atom is -0.243 e. The lowest BCUT2D eigenvalue weighted by atomic mass is 9.98. The van der Waals surface area contributed by atoms with Crippen molar-refractivity contribution in [3.63, 3.8) is 0 Å². The third-order valence-corrected chi connectivity index (χ3v) is 12.4. The summed E-state index contributed by atoms with van der Waals surface area (Å²) in [6.07, 6.45) is 61.3. The van der Waals surface area contributed by atoms with Gasteiger partial charge in [0.25, 0.3) is 0 Å². The lowest BCUT2D eigenvalue weighted by molar-refractivity contribution is 0.0600. The highest BCUT2D eigenvalue weighted by Crippen LogP contribution is 2.21. The van der Waals surface area contributed by atoms with Crippen LogP contribution in [0.1, 0.15) is 276 Å². The molecule has 0 aromatic rings. The number of rotatable bonds is 1. The maximum absolute atomic E-state index is 3.63. The molecule has 0 aromatic heterocycles. The molecule has 1 aliphatic heterocycles. The lowest BCUT2D eigenvalue weighted by Crippen LogP contribution is -2.61. The highest BCUT2D eigenvalue weighted by molar-refractivity contribution is 4.70. The first-order valence-corrected chi connectivity index (χ1v) is 24.5. The molecule has 0 unspecified atom stereocenters. The van der Waals surface area contributed by atoms with E-state index >= 15 is 0 Å². The Balaban J connectivity index is 1.83. The van der Waals surface area contributed by atoms with Crippen LogP contribution < -0.4 is 27.6 Å². The second-order valence-electron chi connectivity index (χ2n) is 17.3. The van der Waals surface area contributed by atoms with E-state index in [-0.39, 0.29) is 0 Å². The van der Waals surface area contributed by atoms with Crippen molar-refractivity contribution in [2.75, 3.05) is 13.1 Å². The van der Waals surface area contributed by atoms with Crippen LogP contribution in [0.5, 0.6) is 0 Å². The number of hydrazine groups is 5. The Morgan fingerprint density at radius 3 is 0.846 bits per heavy atom. The van der Waals surface area contributed by atoms with Gasteiger partial charge in [0.05, 0.1) is 0 Å². The van der Waals surface area contributed by atoms with Crippen molar-refractivity contribution in [1.82, 2.24) is 32.6 Å². The summed E-state index contributed by atoms with van der Waals surface area (Å²) in [5.41, 5.74) is 16.7. The number of hydrogen-bond donors (Lipinski definition) is 5. The first-order valence-electron chi connectivity index (χ1n) is 24.5. The predicted octanol–water partition coefficient (Wildman–Crippen LogP) is 14.0. The van der Waals surface area contributed by atoms with E-state index in [0.29, 0.717) is 6.04 Å². The van der Waals surface area contributed by atoms with Crippen molar-refractivity contribution in [3.8, 4) is 0 Å². The average Bonchev–Trinajstić information content (AvgIpc) is 3.15. The molecule has 0 aromatic carbocycles. The molecule has 6 heteroatoms. The molecule has 1 aliphatic carbocycles. The van der Waals surface area contributed by atoms with E-state index in [4.69, 9.17) is 0 Å². The van der Waals surface area contributed by atoms with Crippen molar-refractivity contribution >= 4 is 0 Å². The summed E-state index contributed by atoms with van der Waals surface area (Å²) >= 11 is 0. The fourth-order valence-corrected chi connectivity index (χ4v) is 8.82. The fourth-order valence-electron chi connectivity index (χ4n) is 8.82. The molecular formula is C46H96N6. The van der Waals surface area contributed by atoms with Gasteiger partial charge in [-0.15, -0.1) is 0 Å². The summed E-state index contributed by atoms with van der Waals surface area (Å²) in [4.78, 5) is 0. The highest BCUT2D eigenvalue weighted by atomic mass is 15.9. The molecular weight excluding hydrogens is 637 g/mol. The number of nitrogens with one attached hydrogen (secondary N) is 5. The molecule has 52 heavy (non-hydrogen) atoms. The van der Waals surface area contributed by atoms with Gasteiger partial charge in [0.1, 0.15) is 0 Å². The molecule has 0 amide bonds. The van der Waals surface area contributed by atoms with Crippen LogP contribution in [-0.4, -0.2) is 24.1 Å². The summed E-state index contributed by atoms with van der Waals surface area (Å²) in [5, 5.41) is 2.58. The Hall–Kier alpha value is -0.240. The zero-order valence-corrected chi connectivity index (χ0v) is 35.3. The molecule has 0 spiro atoms. The Kier molecular flexibility index (Phi) is 37.2. The summed E-state index contributed by atoms with van der Waals surface area (Å²) < 4.78 is 0. The Labute approximate surface area is 327 Å². The second kappa shape index (κ2) is 40.4.